The van der Waals surface area contributed by atoms with Gasteiger partial charge in [0.1, 0.15) is 5.75 Å². The van der Waals surface area contributed by atoms with Crippen molar-refractivity contribution in [3.05, 3.63) is 69.8 Å². The average molecular weight is 278 g/mol. The fourth-order valence-electron chi connectivity index (χ4n) is 2.73. The van der Waals surface area contributed by atoms with Crippen LogP contribution in [0.4, 0.5) is 0 Å². The molecule has 0 spiro atoms. The van der Waals surface area contributed by atoms with Gasteiger partial charge < -0.3 is 5.11 Å². The molecule has 0 aliphatic rings. The quantitative estimate of drug-likeness (QED) is 0.741. The second-order valence-corrected chi connectivity index (χ2v) is 5.64. The van der Waals surface area contributed by atoms with Crippen LogP contribution in [0.2, 0.25) is 0 Å². The number of benzene rings is 2. The summed E-state index contributed by atoms with van der Waals surface area (Å²) in [5.74, 6) is 0.348. The predicted molar refractivity (Wildman–Crippen MR) is 92.5 cm³/mol. The first-order valence-corrected chi connectivity index (χ1v) is 7.14. The molecule has 0 amide bonds. The molecule has 0 saturated carbocycles. The molecule has 1 heteroatoms. The highest BCUT2D eigenvalue weighted by Gasteiger charge is 2.04. The van der Waals surface area contributed by atoms with E-state index in [1.165, 1.54) is 11.1 Å². The van der Waals surface area contributed by atoms with E-state index in [2.05, 4.69) is 32.6 Å². The van der Waals surface area contributed by atoms with E-state index in [4.69, 9.17) is 0 Å². The van der Waals surface area contributed by atoms with Crippen LogP contribution in [0, 0.1) is 27.7 Å². The maximum atomic E-state index is 10.2. The smallest absolute Gasteiger partial charge is 0.125 e. The van der Waals surface area contributed by atoms with Crippen LogP contribution in [-0.2, 0) is 0 Å². The van der Waals surface area contributed by atoms with E-state index in [-0.39, 0.29) is 0 Å². The van der Waals surface area contributed by atoms with Gasteiger partial charge in [0, 0.05) is 5.56 Å². The summed E-state index contributed by atoms with van der Waals surface area (Å²) in [5.41, 5.74) is 7.61. The maximum absolute atomic E-state index is 10.2. The van der Waals surface area contributed by atoms with Crippen molar-refractivity contribution < 1.29 is 5.11 Å². The minimum Gasteiger partial charge on any atom is -0.507 e. The first-order valence-electron chi connectivity index (χ1n) is 7.14. The largest absolute Gasteiger partial charge is 0.507 e. The van der Waals surface area contributed by atoms with Crippen LogP contribution in [0.5, 0.6) is 5.75 Å². The Bertz CT molecular complexity index is 721. The van der Waals surface area contributed by atoms with Crippen molar-refractivity contribution in [2.45, 2.75) is 27.7 Å². The molecule has 21 heavy (non-hydrogen) atoms. The topological polar surface area (TPSA) is 20.2 Å². The normalized spacial score (nSPS) is 11.0. The number of phenols is 1. The monoisotopic (exact) mass is 278 g/mol. The molecule has 0 saturated heterocycles. The Hall–Kier alpha value is -2.28. The SMILES string of the molecule is C=Cc1c(C)cc(C)cc1/C=C/c1cc(C)cc(C)c1O. The Balaban J connectivity index is 2.50. The molecule has 0 bridgehead atoms. The van der Waals surface area contributed by atoms with Gasteiger partial charge in [0.2, 0.25) is 0 Å². The lowest BCUT2D eigenvalue weighted by atomic mass is 9.97. The lowest BCUT2D eigenvalue weighted by molar-refractivity contribution is 0.469. The van der Waals surface area contributed by atoms with E-state index in [0.29, 0.717) is 5.75 Å². The second kappa shape index (κ2) is 6.01. The summed E-state index contributed by atoms with van der Waals surface area (Å²) in [4.78, 5) is 0. The highest BCUT2D eigenvalue weighted by Crippen LogP contribution is 2.27. The van der Waals surface area contributed by atoms with Crippen molar-refractivity contribution in [3.8, 4) is 5.75 Å². The van der Waals surface area contributed by atoms with E-state index in [0.717, 1.165) is 27.8 Å². The number of aryl methyl sites for hydroxylation is 4. The average Bonchev–Trinajstić information content (AvgIpc) is 2.40. The third kappa shape index (κ3) is 3.25. The van der Waals surface area contributed by atoms with Gasteiger partial charge in [-0.15, -0.1) is 0 Å². The van der Waals surface area contributed by atoms with E-state index in [1.807, 2.05) is 44.2 Å². The van der Waals surface area contributed by atoms with Crippen molar-refractivity contribution >= 4 is 18.2 Å². The van der Waals surface area contributed by atoms with E-state index < -0.39 is 0 Å². The van der Waals surface area contributed by atoms with E-state index in [1.54, 1.807) is 0 Å². The first-order chi connectivity index (χ1) is 9.92. The Labute approximate surface area is 127 Å². The maximum Gasteiger partial charge on any atom is 0.125 e. The molecule has 0 fully saturated rings. The Kier molecular flexibility index (Phi) is 4.32. The van der Waals surface area contributed by atoms with Crippen LogP contribution in [0.1, 0.15) is 38.9 Å². The van der Waals surface area contributed by atoms with Crippen LogP contribution >= 0.6 is 0 Å². The summed E-state index contributed by atoms with van der Waals surface area (Å²) in [6, 6.07) is 8.27. The van der Waals surface area contributed by atoms with Gasteiger partial charge >= 0.3 is 0 Å². The van der Waals surface area contributed by atoms with Crippen LogP contribution in [0.25, 0.3) is 18.2 Å². The molecule has 1 N–H and O–H groups in total. The predicted octanol–water partition coefficient (Wildman–Crippen LogP) is 5.44. The van der Waals surface area contributed by atoms with Crippen LogP contribution in [0.3, 0.4) is 0 Å². The molecule has 2 aromatic rings. The Morgan fingerprint density at radius 1 is 0.810 bits per heavy atom. The molecule has 0 aliphatic heterocycles. The molecular formula is C20H22O. The van der Waals surface area contributed by atoms with Crippen LogP contribution < -0.4 is 0 Å². The second-order valence-electron chi connectivity index (χ2n) is 5.64. The summed E-state index contributed by atoms with van der Waals surface area (Å²) >= 11 is 0. The van der Waals surface area contributed by atoms with Gasteiger partial charge in [-0.2, -0.15) is 0 Å². The summed E-state index contributed by atoms with van der Waals surface area (Å²) < 4.78 is 0. The number of hydrogen-bond acceptors (Lipinski definition) is 1. The summed E-state index contributed by atoms with van der Waals surface area (Å²) in [7, 11) is 0. The third-order valence-electron chi connectivity index (χ3n) is 3.68. The van der Waals surface area contributed by atoms with Gasteiger partial charge in [0.25, 0.3) is 0 Å². The van der Waals surface area contributed by atoms with E-state index in [9.17, 15) is 5.11 Å². The minimum absolute atomic E-state index is 0.348. The zero-order chi connectivity index (χ0) is 15.6. The molecule has 2 aromatic carbocycles. The third-order valence-corrected chi connectivity index (χ3v) is 3.68. The van der Waals surface area contributed by atoms with Crippen molar-refractivity contribution in [2.75, 3.05) is 0 Å². The van der Waals surface area contributed by atoms with Crippen LogP contribution in [-0.4, -0.2) is 5.11 Å². The molecule has 0 atom stereocenters. The molecule has 0 heterocycles. The standard InChI is InChI=1S/C20H22O/c1-6-19-15(4)9-13(2)11-17(19)7-8-18-12-14(3)10-16(5)20(18)21/h6-12,21H,1H2,2-5H3/b8-7+. The van der Waals surface area contributed by atoms with Crippen molar-refractivity contribution in [1.82, 2.24) is 0 Å². The van der Waals surface area contributed by atoms with Gasteiger partial charge in [-0.25, -0.2) is 0 Å². The van der Waals surface area contributed by atoms with Crippen molar-refractivity contribution in [1.29, 1.82) is 0 Å². The fourth-order valence-corrected chi connectivity index (χ4v) is 2.73. The molecule has 0 radical (unpaired) electrons. The van der Waals surface area contributed by atoms with Gasteiger partial charge in [0.05, 0.1) is 0 Å². The highest BCUT2D eigenvalue weighted by molar-refractivity contribution is 5.78. The van der Waals surface area contributed by atoms with Gasteiger partial charge in [0.15, 0.2) is 0 Å². The summed E-state index contributed by atoms with van der Waals surface area (Å²) in [5, 5.41) is 10.2. The van der Waals surface area contributed by atoms with Gasteiger partial charge in [-0.05, 0) is 56.0 Å². The summed E-state index contributed by atoms with van der Waals surface area (Å²) in [6.45, 7) is 12.0. The Morgan fingerprint density at radius 2 is 1.33 bits per heavy atom. The number of rotatable bonds is 3. The van der Waals surface area contributed by atoms with Crippen LogP contribution in [0.15, 0.2) is 30.8 Å². The molecule has 0 unspecified atom stereocenters. The molecule has 0 aromatic heterocycles. The lowest BCUT2D eigenvalue weighted by Gasteiger charge is -2.09. The molecular weight excluding hydrogens is 256 g/mol. The first kappa shape index (κ1) is 15.1. The molecule has 1 nitrogen and oxygen atoms in total. The number of phenolic OH excluding ortho intramolecular Hbond substituents is 1. The molecule has 2 rings (SSSR count). The van der Waals surface area contributed by atoms with E-state index >= 15 is 0 Å². The minimum atomic E-state index is 0.348. The molecule has 0 aliphatic carbocycles. The zero-order valence-electron chi connectivity index (χ0n) is 13.2. The van der Waals surface area contributed by atoms with Crippen molar-refractivity contribution in [3.63, 3.8) is 0 Å². The van der Waals surface area contributed by atoms with Gasteiger partial charge in [-0.3, -0.25) is 0 Å². The van der Waals surface area contributed by atoms with Gasteiger partial charge in [-0.1, -0.05) is 54.1 Å². The zero-order valence-corrected chi connectivity index (χ0v) is 13.2. The Morgan fingerprint density at radius 3 is 1.95 bits per heavy atom. The summed E-state index contributed by atoms with van der Waals surface area (Å²) in [6.07, 6.45) is 5.90. The number of hydrogen-bond donors (Lipinski definition) is 1. The fraction of sp³-hybridized carbons (Fsp3) is 0.200. The van der Waals surface area contributed by atoms with Crippen molar-refractivity contribution in [2.24, 2.45) is 0 Å². The highest BCUT2D eigenvalue weighted by atomic mass is 16.3. The lowest BCUT2D eigenvalue weighted by Crippen LogP contribution is -1.89. The molecule has 108 valence electrons. The number of aromatic hydroxyl groups is 1.